The van der Waals surface area contributed by atoms with Gasteiger partial charge in [0.2, 0.25) is 0 Å². The minimum Gasteiger partial charge on any atom is -0.490 e. The smallest absolute Gasteiger partial charge is 0.128 e. The molecule has 4 nitrogen and oxygen atoms in total. The van der Waals surface area contributed by atoms with Crippen LogP contribution >= 0.6 is 0 Å². The lowest BCUT2D eigenvalue weighted by atomic mass is 10.0. The van der Waals surface area contributed by atoms with Crippen molar-refractivity contribution in [2.24, 2.45) is 11.7 Å². The van der Waals surface area contributed by atoms with E-state index in [9.17, 15) is 5.11 Å². The van der Waals surface area contributed by atoms with Crippen molar-refractivity contribution in [2.45, 2.75) is 26.0 Å². The van der Waals surface area contributed by atoms with Gasteiger partial charge in [0.15, 0.2) is 0 Å². The molecule has 1 aromatic carbocycles. The molecule has 2 unspecified atom stereocenters. The molecule has 18 heavy (non-hydrogen) atoms. The van der Waals surface area contributed by atoms with E-state index < -0.39 is 6.10 Å². The summed E-state index contributed by atoms with van der Waals surface area (Å²) >= 11 is 0. The molecule has 2 rings (SSSR count). The van der Waals surface area contributed by atoms with E-state index in [1.807, 2.05) is 44.3 Å². The number of aliphatic hydroxyl groups excluding tert-OH is 1. The van der Waals surface area contributed by atoms with Crippen LogP contribution in [-0.2, 0) is 0 Å². The molecular formula is C14H20N2O2. The van der Waals surface area contributed by atoms with Gasteiger partial charge in [0.1, 0.15) is 18.5 Å². The van der Waals surface area contributed by atoms with Crippen molar-refractivity contribution in [2.75, 3.05) is 6.61 Å². The number of nitrogens with one attached hydrogen (secondary N) is 1. The summed E-state index contributed by atoms with van der Waals surface area (Å²) in [4.78, 5) is 3.12. The lowest BCUT2D eigenvalue weighted by Gasteiger charge is -2.22. The lowest BCUT2D eigenvalue weighted by molar-refractivity contribution is 0.0722. The monoisotopic (exact) mass is 248 g/mol. The second-order valence-corrected chi connectivity index (χ2v) is 4.89. The molecule has 0 saturated heterocycles. The maximum atomic E-state index is 9.91. The summed E-state index contributed by atoms with van der Waals surface area (Å²) in [6.07, 6.45) is 1.22. The molecule has 4 heteroatoms. The number of hydrogen-bond acceptors (Lipinski definition) is 3. The van der Waals surface area contributed by atoms with Crippen LogP contribution in [0.2, 0.25) is 0 Å². The van der Waals surface area contributed by atoms with E-state index in [1.54, 1.807) is 0 Å². The number of aliphatic hydroxyl groups is 1. The van der Waals surface area contributed by atoms with Gasteiger partial charge in [-0.15, -0.1) is 0 Å². The first-order valence-corrected chi connectivity index (χ1v) is 6.22. The van der Waals surface area contributed by atoms with Crippen LogP contribution in [0.25, 0.3) is 10.9 Å². The van der Waals surface area contributed by atoms with Gasteiger partial charge in [-0.1, -0.05) is 19.9 Å². The molecule has 0 aliphatic carbocycles. The van der Waals surface area contributed by atoms with Crippen LogP contribution < -0.4 is 10.5 Å². The van der Waals surface area contributed by atoms with Gasteiger partial charge in [-0.25, -0.2) is 0 Å². The van der Waals surface area contributed by atoms with Gasteiger partial charge in [0.25, 0.3) is 0 Å². The first-order valence-electron chi connectivity index (χ1n) is 6.22. The van der Waals surface area contributed by atoms with Crippen LogP contribution in [0.4, 0.5) is 0 Å². The van der Waals surface area contributed by atoms with Crippen molar-refractivity contribution in [1.82, 2.24) is 4.98 Å². The number of ether oxygens (including phenoxy) is 1. The summed E-state index contributed by atoms with van der Waals surface area (Å²) in [5, 5.41) is 10.9. The van der Waals surface area contributed by atoms with Gasteiger partial charge in [-0.3, -0.25) is 0 Å². The second-order valence-electron chi connectivity index (χ2n) is 4.89. The second kappa shape index (κ2) is 5.42. The number of nitrogens with two attached hydrogens (primary N) is 1. The number of hydrogen-bond donors (Lipinski definition) is 3. The van der Waals surface area contributed by atoms with E-state index in [0.717, 1.165) is 16.7 Å². The van der Waals surface area contributed by atoms with E-state index in [-0.39, 0.29) is 18.6 Å². The third-order valence-electron chi connectivity index (χ3n) is 3.18. The van der Waals surface area contributed by atoms with Crippen LogP contribution in [0, 0.1) is 5.92 Å². The number of aromatic nitrogens is 1. The van der Waals surface area contributed by atoms with E-state index >= 15 is 0 Å². The molecule has 2 atom stereocenters. The molecule has 0 bridgehead atoms. The maximum absolute atomic E-state index is 9.91. The average Bonchev–Trinajstić information content (AvgIpc) is 2.83. The summed E-state index contributed by atoms with van der Waals surface area (Å²) in [5.41, 5.74) is 6.90. The first-order chi connectivity index (χ1) is 8.59. The van der Waals surface area contributed by atoms with Gasteiger partial charge in [-0.05, 0) is 24.1 Å². The molecule has 98 valence electrons. The Morgan fingerprint density at radius 2 is 2.11 bits per heavy atom. The Morgan fingerprint density at radius 3 is 2.83 bits per heavy atom. The Kier molecular flexibility index (Phi) is 3.89. The fraction of sp³-hybridized carbons (Fsp3) is 0.429. The fourth-order valence-corrected chi connectivity index (χ4v) is 1.91. The van der Waals surface area contributed by atoms with Crippen LogP contribution in [0.5, 0.6) is 5.75 Å². The predicted molar refractivity (Wildman–Crippen MR) is 72.6 cm³/mol. The minimum absolute atomic E-state index is 0.212. The normalized spacial score (nSPS) is 14.9. The van der Waals surface area contributed by atoms with Crippen molar-refractivity contribution in [1.29, 1.82) is 0 Å². The Labute approximate surface area is 107 Å². The molecule has 0 spiro atoms. The lowest BCUT2D eigenvalue weighted by Crippen LogP contribution is -2.42. The maximum Gasteiger partial charge on any atom is 0.128 e. The Balaban J connectivity index is 2.04. The summed E-state index contributed by atoms with van der Waals surface area (Å²) in [6.45, 7) is 4.19. The van der Waals surface area contributed by atoms with Crippen LogP contribution in [0.1, 0.15) is 13.8 Å². The average molecular weight is 248 g/mol. The van der Waals surface area contributed by atoms with Gasteiger partial charge in [-0.2, -0.15) is 0 Å². The Bertz CT molecular complexity index is 507. The van der Waals surface area contributed by atoms with Gasteiger partial charge in [0.05, 0.1) is 0 Å². The largest absolute Gasteiger partial charge is 0.490 e. The summed E-state index contributed by atoms with van der Waals surface area (Å²) < 4.78 is 5.66. The molecule has 0 fully saturated rings. The van der Waals surface area contributed by atoms with Crippen molar-refractivity contribution in [3.05, 3.63) is 30.5 Å². The molecule has 0 radical (unpaired) electrons. The summed E-state index contributed by atoms with van der Waals surface area (Å²) in [6, 6.07) is 7.49. The molecule has 0 aliphatic heterocycles. The number of H-pyrrole nitrogens is 1. The molecule has 1 aromatic heterocycles. The Morgan fingerprint density at radius 1 is 1.33 bits per heavy atom. The predicted octanol–water partition coefficient (Wildman–Crippen LogP) is 1.89. The zero-order valence-corrected chi connectivity index (χ0v) is 10.8. The number of benzene rings is 1. The molecule has 2 aromatic rings. The van der Waals surface area contributed by atoms with Crippen molar-refractivity contribution in [3.63, 3.8) is 0 Å². The Hall–Kier alpha value is -1.52. The van der Waals surface area contributed by atoms with Crippen molar-refractivity contribution < 1.29 is 9.84 Å². The van der Waals surface area contributed by atoms with Gasteiger partial charge < -0.3 is 20.6 Å². The number of rotatable bonds is 5. The highest BCUT2D eigenvalue weighted by Crippen LogP contribution is 2.24. The van der Waals surface area contributed by atoms with Crippen molar-refractivity contribution in [3.8, 4) is 5.75 Å². The van der Waals surface area contributed by atoms with Crippen LogP contribution in [-0.4, -0.2) is 28.8 Å². The van der Waals surface area contributed by atoms with E-state index in [4.69, 9.17) is 10.5 Å². The minimum atomic E-state index is -0.654. The quantitative estimate of drug-likeness (QED) is 0.756. The fourth-order valence-electron chi connectivity index (χ4n) is 1.91. The topological polar surface area (TPSA) is 71.3 Å². The standard InChI is InChI=1S/C14H20N2O2/c1-9(2)14(15)12(17)8-18-13-5-3-4-11-10(13)6-7-16-11/h3-7,9,12,14,16-17H,8,15H2,1-2H3. The zero-order valence-electron chi connectivity index (χ0n) is 10.8. The summed E-state index contributed by atoms with van der Waals surface area (Å²) in [5.74, 6) is 0.996. The SMILES string of the molecule is CC(C)C(N)C(O)COc1cccc2[nH]ccc12. The molecule has 1 heterocycles. The van der Waals surface area contributed by atoms with E-state index in [2.05, 4.69) is 4.98 Å². The number of fused-ring (bicyclic) bond motifs is 1. The molecule has 0 saturated carbocycles. The highest BCUT2D eigenvalue weighted by Gasteiger charge is 2.19. The van der Waals surface area contributed by atoms with E-state index in [0.29, 0.717) is 0 Å². The number of aromatic amines is 1. The molecule has 4 N–H and O–H groups in total. The van der Waals surface area contributed by atoms with Crippen molar-refractivity contribution >= 4 is 10.9 Å². The highest BCUT2D eigenvalue weighted by atomic mass is 16.5. The highest BCUT2D eigenvalue weighted by molar-refractivity contribution is 5.85. The summed E-state index contributed by atoms with van der Waals surface area (Å²) in [7, 11) is 0. The molecule has 0 aliphatic rings. The van der Waals surface area contributed by atoms with E-state index in [1.165, 1.54) is 0 Å². The van der Waals surface area contributed by atoms with Gasteiger partial charge in [0, 0.05) is 23.1 Å². The van der Waals surface area contributed by atoms with Crippen LogP contribution in [0.15, 0.2) is 30.5 Å². The third-order valence-corrected chi connectivity index (χ3v) is 3.18. The molecule has 0 amide bonds. The van der Waals surface area contributed by atoms with Crippen LogP contribution in [0.3, 0.4) is 0 Å². The zero-order chi connectivity index (χ0) is 13.1. The third kappa shape index (κ3) is 2.66. The first kappa shape index (κ1) is 12.9. The van der Waals surface area contributed by atoms with Gasteiger partial charge >= 0.3 is 0 Å². The molecular weight excluding hydrogens is 228 g/mol.